The van der Waals surface area contributed by atoms with E-state index in [1.54, 1.807) is 31.3 Å². The van der Waals surface area contributed by atoms with Crippen LogP contribution in [0.5, 0.6) is 0 Å². The Labute approximate surface area is 145 Å². The molecule has 1 N–H and O–H groups in total. The van der Waals surface area contributed by atoms with Crippen molar-refractivity contribution >= 4 is 21.6 Å². The summed E-state index contributed by atoms with van der Waals surface area (Å²) in [6.07, 6.45) is 5.86. The second kappa shape index (κ2) is 8.47. The minimum atomic E-state index is -3.41. The van der Waals surface area contributed by atoms with E-state index in [9.17, 15) is 8.42 Å². The van der Waals surface area contributed by atoms with Gasteiger partial charge in [0.2, 0.25) is 10.0 Å². The fourth-order valence-corrected chi connectivity index (χ4v) is 4.60. The van der Waals surface area contributed by atoms with Gasteiger partial charge in [-0.05, 0) is 69.0 Å². The van der Waals surface area contributed by atoms with Gasteiger partial charge < -0.3 is 5.32 Å². The number of benzene rings is 1. The topological polar surface area (TPSA) is 49.4 Å². The minimum absolute atomic E-state index is 0.308. The van der Waals surface area contributed by atoms with E-state index in [0.717, 1.165) is 18.9 Å². The van der Waals surface area contributed by atoms with Gasteiger partial charge in [-0.15, -0.1) is 0 Å². The normalized spacial score (nSPS) is 22.4. The maximum absolute atomic E-state index is 12.5. The number of nitrogens with zero attached hydrogens (tertiary/aromatic N) is 1. The summed E-state index contributed by atoms with van der Waals surface area (Å²) in [5.74, 6) is 1.43. The lowest BCUT2D eigenvalue weighted by molar-refractivity contribution is 0.250. The molecule has 0 amide bonds. The van der Waals surface area contributed by atoms with Crippen LogP contribution in [0.4, 0.5) is 0 Å². The largest absolute Gasteiger partial charge is 0.319 e. The van der Waals surface area contributed by atoms with Crippen LogP contribution < -0.4 is 5.32 Å². The van der Waals surface area contributed by atoms with Crippen LogP contribution in [0.2, 0.25) is 5.02 Å². The molecule has 0 aliphatic heterocycles. The fourth-order valence-electron chi connectivity index (χ4n) is 3.28. The van der Waals surface area contributed by atoms with Crippen LogP contribution in [0, 0.1) is 11.8 Å². The van der Waals surface area contributed by atoms with Gasteiger partial charge in [-0.2, -0.15) is 0 Å². The molecule has 4 nitrogen and oxygen atoms in total. The zero-order valence-corrected chi connectivity index (χ0v) is 15.5. The Morgan fingerprint density at radius 2 is 1.70 bits per heavy atom. The molecule has 1 aromatic rings. The lowest BCUT2D eigenvalue weighted by atomic mass is 9.80. The van der Waals surface area contributed by atoms with Crippen molar-refractivity contribution in [2.75, 3.05) is 27.2 Å². The third-order valence-corrected chi connectivity index (χ3v) is 6.96. The number of nitrogens with one attached hydrogen (secondary N) is 1. The van der Waals surface area contributed by atoms with Gasteiger partial charge in [-0.1, -0.05) is 24.4 Å². The van der Waals surface area contributed by atoms with Crippen molar-refractivity contribution in [3.8, 4) is 0 Å². The summed E-state index contributed by atoms with van der Waals surface area (Å²) < 4.78 is 26.5. The van der Waals surface area contributed by atoms with Crippen LogP contribution in [0.15, 0.2) is 29.2 Å². The Balaban J connectivity index is 1.85. The Bertz CT molecular complexity index is 581. The Kier molecular flexibility index (Phi) is 6.89. The van der Waals surface area contributed by atoms with E-state index in [4.69, 9.17) is 11.6 Å². The summed E-state index contributed by atoms with van der Waals surface area (Å²) in [5, 5.41) is 3.79. The Hall–Kier alpha value is -0.620. The van der Waals surface area contributed by atoms with Gasteiger partial charge >= 0.3 is 0 Å². The standard InChI is InChI=1S/C17H27ClN2O2S/c1-19-13-15-5-3-14(4-6-15)11-12-20(2)23(21,22)17-9-7-16(18)8-10-17/h7-10,14-15,19H,3-6,11-13H2,1-2H3/t14-,15-. The van der Waals surface area contributed by atoms with Gasteiger partial charge in [-0.25, -0.2) is 12.7 Å². The maximum Gasteiger partial charge on any atom is 0.242 e. The van der Waals surface area contributed by atoms with Crippen molar-refractivity contribution < 1.29 is 8.42 Å². The van der Waals surface area contributed by atoms with E-state index in [0.29, 0.717) is 22.4 Å². The summed E-state index contributed by atoms with van der Waals surface area (Å²) >= 11 is 5.83. The average Bonchev–Trinajstić information content (AvgIpc) is 2.54. The predicted molar refractivity (Wildman–Crippen MR) is 95.3 cm³/mol. The first kappa shape index (κ1) is 18.7. The van der Waals surface area contributed by atoms with Gasteiger partial charge in [0.05, 0.1) is 4.90 Å². The van der Waals surface area contributed by atoms with Gasteiger partial charge in [0, 0.05) is 18.6 Å². The molecule has 0 aromatic heterocycles. The molecular formula is C17H27ClN2O2S. The van der Waals surface area contributed by atoms with Gasteiger partial charge in [0.15, 0.2) is 0 Å². The van der Waals surface area contributed by atoms with Crippen LogP contribution in [0.1, 0.15) is 32.1 Å². The molecule has 1 fully saturated rings. The lowest BCUT2D eigenvalue weighted by Gasteiger charge is -2.29. The summed E-state index contributed by atoms with van der Waals surface area (Å²) in [6, 6.07) is 6.37. The van der Waals surface area contributed by atoms with Crippen LogP contribution in [-0.4, -0.2) is 39.9 Å². The van der Waals surface area contributed by atoms with E-state index in [-0.39, 0.29) is 0 Å². The van der Waals surface area contributed by atoms with E-state index in [1.165, 1.54) is 30.0 Å². The number of sulfonamides is 1. The molecule has 0 heterocycles. The SMILES string of the molecule is CNC[C@H]1CC[C@H](CCN(C)S(=O)(=O)c2ccc(Cl)cc2)CC1. The first-order valence-electron chi connectivity index (χ1n) is 8.30. The van der Waals surface area contributed by atoms with E-state index in [2.05, 4.69) is 5.32 Å². The van der Waals surface area contributed by atoms with Gasteiger partial charge in [-0.3, -0.25) is 0 Å². The smallest absolute Gasteiger partial charge is 0.242 e. The third kappa shape index (κ3) is 5.18. The fraction of sp³-hybridized carbons (Fsp3) is 0.647. The van der Waals surface area contributed by atoms with Crippen molar-refractivity contribution in [1.82, 2.24) is 9.62 Å². The maximum atomic E-state index is 12.5. The zero-order valence-electron chi connectivity index (χ0n) is 14.0. The summed E-state index contributed by atoms with van der Waals surface area (Å²) in [7, 11) is 0.255. The molecule has 2 rings (SSSR count). The van der Waals surface area contributed by atoms with E-state index < -0.39 is 10.0 Å². The monoisotopic (exact) mass is 358 g/mol. The van der Waals surface area contributed by atoms with Crippen molar-refractivity contribution in [3.63, 3.8) is 0 Å². The molecule has 1 aromatic carbocycles. The molecule has 0 bridgehead atoms. The molecule has 0 unspecified atom stereocenters. The predicted octanol–water partition coefficient (Wildman–Crippen LogP) is 3.38. The third-order valence-electron chi connectivity index (χ3n) is 4.83. The highest BCUT2D eigenvalue weighted by atomic mass is 35.5. The highest BCUT2D eigenvalue weighted by molar-refractivity contribution is 7.89. The van der Waals surface area contributed by atoms with Crippen molar-refractivity contribution in [2.45, 2.75) is 37.0 Å². The highest BCUT2D eigenvalue weighted by Crippen LogP contribution is 2.31. The molecule has 0 atom stereocenters. The molecule has 0 spiro atoms. The zero-order chi connectivity index (χ0) is 16.9. The van der Waals surface area contributed by atoms with Crippen LogP contribution in [0.3, 0.4) is 0 Å². The minimum Gasteiger partial charge on any atom is -0.319 e. The van der Waals surface area contributed by atoms with Crippen LogP contribution in [-0.2, 0) is 10.0 Å². The molecule has 6 heteroatoms. The molecule has 23 heavy (non-hydrogen) atoms. The molecule has 130 valence electrons. The second-order valence-electron chi connectivity index (χ2n) is 6.51. The molecule has 0 radical (unpaired) electrons. The summed E-state index contributed by atoms with van der Waals surface area (Å²) in [6.45, 7) is 1.67. The van der Waals surface area contributed by atoms with E-state index >= 15 is 0 Å². The molecular weight excluding hydrogens is 332 g/mol. The lowest BCUT2D eigenvalue weighted by Crippen LogP contribution is -2.30. The first-order chi connectivity index (χ1) is 10.9. The Morgan fingerprint density at radius 3 is 2.26 bits per heavy atom. The molecule has 1 aliphatic carbocycles. The van der Waals surface area contributed by atoms with Gasteiger partial charge in [0.25, 0.3) is 0 Å². The van der Waals surface area contributed by atoms with Crippen molar-refractivity contribution in [1.29, 1.82) is 0 Å². The summed E-state index contributed by atoms with van der Waals surface area (Å²) in [5.41, 5.74) is 0. The van der Waals surface area contributed by atoms with Crippen LogP contribution in [0.25, 0.3) is 0 Å². The number of hydrogen-bond acceptors (Lipinski definition) is 3. The average molecular weight is 359 g/mol. The Morgan fingerprint density at radius 1 is 1.13 bits per heavy atom. The number of hydrogen-bond donors (Lipinski definition) is 1. The van der Waals surface area contributed by atoms with Gasteiger partial charge in [0.1, 0.15) is 0 Å². The number of rotatable bonds is 7. The second-order valence-corrected chi connectivity index (χ2v) is 8.99. The molecule has 1 aliphatic rings. The van der Waals surface area contributed by atoms with Crippen molar-refractivity contribution in [2.24, 2.45) is 11.8 Å². The van der Waals surface area contributed by atoms with E-state index in [1.807, 2.05) is 7.05 Å². The summed E-state index contributed by atoms with van der Waals surface area (Å²) in [4.78, 5) is 0.308. The molecule has 1 saturated carbocycles. The quantitative estimate of drug-likeness (QED) is 0.812. The number of halogens is 1. The first-order valence-corrected chi connectivity index (χ1v) is 10.1. The molecule has 0 saturated heterocycles. The highest BCUT2D eigenvalue weighted by Gasteiger charge is 2.24. The van der Waals surface area contributed by atoms with Crippen LogP contribution >= 0.6 is 11.6 Å². The van der Waals surface area contributed by atoms with Crippen molar-refractivity contribution in [3.05, 3.63) is 29.3 Å².